The molecule has 0 atom stereocenters. The lowest BCUT2D eigenvalue weighted by atomic mass is 10.1. The Labute approximate surface area is 200 Å². The fourth-order valence-corrected chi connectivity index (χ4v) is 3.48. The van der Waals surface area contributed by atoms with Gasteiger partial charge in [0.1, 0.15) is 34.3 Å². The molecular formula is C23H16ClF5N4O2. The summed E-state index contributed by atoms with van der Waals surface area (Å²) in [5.74, 6) is -0.879. The first kappa shape index (κ1) is 24.4. The van der Waals surface area contributed by atoms with Crippen LogP contribution < -0.4 is 14.8 Å². The Morgan fingerprint density at radius 1 is 0.971 bits per heavy atom. The molecule has 0 saturated heterocycles. The molecule has 12 heteroatoms. The van der Waals surface area contributed by atoms with E-state index in [9.17, 15) is 22.0 Å². The Morgan fingerprint density at radius 2 is 1.74 bits per heavy atom. The largest absolute Gasteiger partial charge is 0.493 e. The second-order valence-electron chi connectivity index (χ2n) is 7.25. The third-order valence-electron chi connectivity index (χ3n) is 4.96. The maximum Gasteiger partial charge on any atom is 0.417 e. The summed E-state index contributed by atoms with van der Waals surface area (Å²) >= 11 is 5.90. The summed E-state index contributed by atoms with van der Waals surface area (Å²) in [7, 11) is 1.40. The minimum atomic E-state index is -4.58. The van der Waals surface area contributed by atoms with Crippen LogP contribution in [0.3, 0.4) is 0 Å². The summed E-state index contributed by atoms with van der Waals surface area (Å²) in [5.41, 5.74) is -0.330. The highest BCUT2D eigenvalue weighted by Crippen LogP contribution is 2.37. The number of nitrogens with one attached hydrogen (secondary N) is 1. The molecule has 4 aromatic rings. The lowest BCUT2D eigenvalue weighted by molar-refractivity contribution is -0.137. The second-order valence-corrected chi connectivity index (χ2v) is 7.66. The van der Waals surface area contributed by atoms with Gasteiger partial charge in [-0.15, -0.1) is 0 Å². The van der Waals surface area contributed by atoms with Gasteiger partial charge in [-0.05, 0) is 42.3 Å². The molecule has 2 heterocycles. The Kier molecular flexibility index (Phi) is 6.88. The van der Waals surface area contributed by atoms with E-state index in [0.717, 1.165) is 30.1 Å². The van der Waals surface area contributed by atoms with Gasteiger partial charge in [-0.3, -0.25) is 0 Å². The number of hydrogen-bond acceptors (Lipinski definition) is 6. The van der Waals surface area contributed by atoms with Gasteiger partial charge in [0.05, 0.1) is 18.1 Å². The number of fused-ring (bicyclic) bond motifs is 1. The third-order valence-corrected chi connectivity index (χ3v) is 5.23. The van der Waals surface area contributed by atoms with E-state index in [1.165, 1.54) is 7.11 Å². The second kappa shape index (κ2) is 9.87. The van der Waals surface area contributed by atoms with Gasteiger partial charge in [0.25, 0.3) is 0 Å². The molecule has 0 aliphatic rings. The van der Waals surface area contributed by atoms with Crippen molar-refractivity contribution in [2.75, 3.05) is 19.0 Å². The van der Waals surface area contributed by atoms with E-state index in [4.69, 9.17) is 21.1 Å². The molecule has 35 heavy (non-hydrogen) atoms. The van der Waals surface area contributed by atoms with Crippen molar-refractivity contribution in [1.29, 1.82) is 0 Å². The molecule has 0 spiro atoms. The van der Waals surface area contributed by atoms with Crippen molar-refractivity contribution in [3.05, 3.63) is 76.7 Å². The molecule has 0 aliphatic carbocycles. The number of benzene rings is 2. The van der Waals surface area contributed by atoms with Crippen molar-refractivity contribution in [3.8, 4) is 17.4 Å². The SMILES string of the molecule is COc1cc(CCNc2ncnc3c(F)ccc(F)c23)ccc1Oc1ncc(C(F)(F)F)cc1Cl. The van der Waals surface area contributed by atoms with Crippen LogP contribution in [0.5, 0.6) is 17.4 Å². The highest BCUT2D eigenvalue weighted by atomic mass is 35.5. The minimum absolute atomic E-state index is 0.0465. The van der Waals surface area contributed by atoms with E-state index in [-0.39, 0.29) is 33.4 Å². The predicted molar refractivity (Wildman–Crippen MR) is 119 cm³/mol. The van der Waals surface area contributed by atoms with Crippen LogP contribution in [0.4, 0.5) is 27.8 Å². The summed E-state index contributed by atoms with van der Waals surface area (Å²) in [6.07, 6.45) is -2.37. The monoisotopic (exact) mass is 510 g/mol. The van der Waals surface area contributed by atoms with Gasteiger partial charge < -0.3 is 14.8 Å². The van der Waals surface area contributed by atoms with Gasteiger partial charge in [0.15, 0.2) is 11.5 Å². The normalized spacial score (nSPS) is 11.5. The number of rotatable bonds is 7. The number of methoxy groups -OCH3 is 1. The average molecular weight is 511 g/mol. The van der Waals surface area contributed by atoms with Crippen LogP contribution in [0.1, 0.15) is 11.1 Å². The van der Waals surface area contributed by atoms with Crippen molar-refractivity contribution in [2.45, 2.75) is 12.6 Å². The summed E-state index contributed by atoms with van der Waals surface area (Å²) in [6.45, 7) is 0.317. The van der Waals surface area contributed by atoms with Crippen LogP contribution in [0, 0.1) is 11.6 Å². The number of aromatic nitrogens is 3. The van der Waals surface area contributed by atoms with Gasteiger partial charge in [0.2, 0.25) is 5.88 Å². The molecule has 0 saturated carbocycles. The summed E-state index contributed by atoms with van der Waals surface area (Å²) < 4.78 is 77.5. The van der Waals surface area contributed by atoms with E-state index in [1.54, 1.807) is 18.2 Å². The molecule has 2 aromatic heterocycles. The van der Waals surface area contributed by atoms with Crippen LogP contribution in [-0.2, 0) is 12.6 Å². The van der Waals surface area contributed by atoms with Crippen LogP contribution in [0.25, 0.3) is 10.9 Å². The average Bonchev–Trinajstić information content (AvgIpc) is 2.83. The van der Waals surface area contributed by atoms with E-state index >= 15 is 0 Å². The van der Waals surface area contributed by atoms with Crippen LogP contribution in [-0.4, -0.2) is 28.6 Å². The van der Waals surface area contributed by atoms with Gasteiger partial charge in [0, 0.05) is 12.7 Å². The summed E-state index contributed by atoms with van der Waals surface area (Å²) in [6, 6.07) is 7.65. The summed E-state index contributed by atoms with van der Waals surface area (Å²) in [5, 5.41) is 2.62. The number of nitrogens with zero attached hydrogens (tertiary/aromatic N) is 3. The minimum Gasteiger partial charge on any atom is -0.493 e. The highest BCUT2D eigenvalue weighted by molar-refractivity contribution is 6.31. The molecule has 1 N–H and O–H groups in total. The molecular weight excluding hydrogens is 495 g/mol. The van der Waals surface area contributed by atoms with Gasteiger partial charge in [-0.25, -0.2) is 23.7 Å². The van der Waals surface area contributed by atoms with E-state index in [0.29, 0.717) is 24.9 Å². The topological polar surface area (TPSA) is 69.2 Å². The van der Waals surface area contributed by atoms with Crippen molar-refractivity contribution in [2.24, 2.45) is 0 Å². The fraction of sp³-hybridized carbons (Fsp3) is 0.174. The van der Waals surface area contributed by atoms with Gasteiger partial charge >= 0.3 is 6.18 Å². The first-order chi connectivity index (χ1) is 16.7. The number of hydrogen-bond donors (Lipinski definition) is 1. The lowest BCUT2D eigenvalue weighted by Gasteiger charge is -2.14. The quantitative estimate of drug-likeness (QED) is 0.289. The third kappa shape index (κ3) is 5.35. The van der Waals surface area contributed by atoms with Crippen LogP contribution in [0.2, 0.25) is 5.02 Å². The van der Waals surface area contributed by atoms with Gasteiger partial charge in [-0.1, -0.05) is 17.7 Å². The number of pyridine rings is 1. The fourth-order valence-electron chi connectivity index (χ4n) is 3.27. The van der Waals surface area contributed by atoms with E-state index in [1.807, 2.05) is 0 Å². The van der Waals surface area contributed by atoms with Crippen molar-refractivity contribution >= 4 is 28.3 Å². The predicted octanol–water partition coefficient (Wildman–Crippen LogP) is 6.43. The zero-order chi connectivity index (χ0) is 25.2. The molecule has 0 unspecified atom stereocenters. The van der Waals surface area contributed by atoms with Crippen molar-refractivity contribution < 1.29 is 31.4 Å². The lowest BCUT2D eigenvalue weighted by Crippen LogP contribution is -2.08. The molecule has 6 nitrogen and oxygen atoms in total. The first-order valence-electron chi connectivity index (χ1n) is 10.1. The molecule has 0 radical (unpaired) electrons. The smallest absolute Gasteiger partial charge is 0.417 e. The zero-order valence-electron chi connectivity index (χ0n) is 18.0. The van der Waals surface area contributed by atoms with Crippen molar-refractivity contribution in [1.82, 2.24) is 15.0 Å². The summed E-state index contributed by atoms with van der Waals surface area (Å²) in [4.78, 5) is 11.4. The highest BCUT2D eigenvalue weighted by Gasteiger charge is 2.32. The first-order valence-corrected chi connectivity index (χ1v) is 10.4. The van der Waals surface area contributed by atoms with Crippen LogP contribution >= 0.6 is 11.6 Å². The number of anilines is 1. The Bertz CT molecular complexity index is 1380. The number of alkyl halides is 3. The molecule has 0 aliphatic heterocycles. The maximum absolute atomic E-state index is 14.2. The Hall–Kier alpha value is -3.73. The molecule has 2 aromatic carbocycles. The maximum atomic E-state index is 14.2. The van der Waals surface area contributed by atoms with Gasteiger partial charge in [-0.2, -0.15) is 13.2 Å². The van der Waals surface area contributed by atoms with Crippen LogP contribution in [0.15, 0.2) is 48.9 Å². The molecule has 0 bridgehead atoms. The zero-order valence-corrected chi connectivity index (χ0v) is 18.7. The Morgan fingerprint density at radius 3 is 2.46 bits per heavy atom. The molecule has 0 amide bonds. The standard InChI is InChI=1S/C23H16ClF5N4O2/c1-34-18-8-12(2-5-17(18)35-22-14(24)9-13(10-31-22)23(27,28)29)6-7-30-21-19-15(25)3-4-16(26)20(19)32-11-33-21/h2-5,8-11H,6-7H2,1H3,(H,30,32,33). The molecule has 182 valence electrons. The van der Waals surface area contributed by atoms with Crippen molar-refractivity contribution in [3.63, 3.8) is 0 Å². The van der Waals surface area contributed by atoms with E-state index in [2.05, 4.69) is 20.3 Å². The molecule has 4 rings (SSSR count). The Balaban J connectivity index is 1.47. The number of halogens is 6. The number of ether oxygens (including phenoxy) is 2. The molecule has 0 fully saturated rings. The van der Waals surface area contributed by atoms with E-state index < -0.39 is 23.4 Å².